The van der Waals surface area contributed by atoms with Crippen molar-refractivity contribution in [2.75, 3.05) is 10.2 Å². The lowest BCUT2D eigenvalue weighted by molar-refractivity contribution is -0.121. The molecule has 3 aliphatic rings. The Balaban J connectivity index is 1.54. The number of ketones is 2. The van der Waals surface area contributed by atoms with Gasteiger partial charge in [-0.25, -0.2) is 0 Å². The summed E-state index contributed by atoms with van der Waals surface area (Å²) in [6, 6.07) is 27.5. The second kappa shape index (κ2) is 9.29. The third-order valence-electron chi connectivity index (χ3n) is 8.33. The number of para-hydroxylation sites is 1. The van der Waals surface area contributed by atoms with Crippen molar-refractivity contribution in [2.24, 2.45) is 5.92 Å². The highest BCUT2D eigenvalue weighted by molar-refractivity contribution is 9.10. The van der Waals surface area contributed by atoms with Gasteiger partial charge in [-0.3, -0.25) is 14.4 Å². The molecule has 1 amide bonds. The second-order valence-electron chi connectivity index (χ2n) is 10.3. The van der Waals surface area contributed by atoms with E-state index < -0.39 is 23.4 Å². The van der Waals surface area contributed by atoms with E-state index in [0.29, 0.717) is 21.8 Å². The van der Waals surface area contributed by atoms with Gasteiger partial charge >= 0.3 is 0 Å². The Morgan fingerprint density at radius 3 is 2.33 bits per heavy atom. The first kappa shape index (κ1) is 25.0. The zero-order chi connectivity index (χ0) is 27.6. The van der Waals surface area contributed by atoms with E-state index in [1.54, 1.807) is 42.5 Å². The molecule has 7 rings (SSSR count). The first-order valence-electron chi connectivity index (χ1n) is 13.0. The van der Waals surface area contributed by atoms with E-state index in [-0.39, 0.29) is 17.5 Å². The minimum absolute atomic E-state index is 0.225. The van der Waals surface area contributed by atoms with Crippen LogP contribution < -0.4 is 10.2 Å². The number of benzene rings is 4. The molecule has 1 saturated heterocycles. The van der Waals surface area contributed by atoms with Gasteiger partial charge in [0, 0.05) is 32.0 Å². The van der Waals surface area contributed by atoms with Crippen LogP contribution in [0.3, 0.4) is 0 Å². The van der Waals surface area contributed by atoms with Crippen LogP contribution in [0.4, 0.5) is 11.4 Å². The van der Waals surface area contributed by atoms with Crippen molar-refractivity contribution >= 4 is 62.5 Å². The lowest BCUT2D eigenvalue weighted by atomic mass is 9.64. The lowest BCUT2D eigenvalue weighted by Crippen LogP contribution is -2.51. The van der Waals surface area contributed by atoms with Crippen LogP contribution in [-0.4, -0.2) is 29.6 Å². The molecule has 4 aromatic carbocycles. The molecule has 0 radical (unpaired) electrons. The fourth-order valence-electron chi connectivity index (χ4n) is 6.72. The van der Waals surface area contributed by atoms with Gasteiger partial charge in [0.05, 0.1) is 12.0 Å². The van der Waals surface area contributed by atoms with Crippen LogP contribution in [0.1, 0.15) is 31.8 Å². The molecule has 40 heavy (non-hydrogen) atoms. The average molecular weight is 610 g/mol. The van der Waals surface area contributed by atoms with E-state index in [1.165, 1.54) is 0 Å². The lowest BCUT2D eigenvalue weighted by Gasteiger charge is -2.37. The summed E-state index contributed by atoms with van der Waals surface area (Å²) in [5.74, 6) is -1.77. The molecule has 3 aliphatic heterocycles. The van der Waals surface area contributed by atoms with E-state index in [1.807, 2.05) is 71.6 Å². The Morgan fingerprint density at radius 2 is 1.55 bits per heavy atom. The van der Waals surface area contributed by atoms with Crippen molar-refractivity contribution in [3.8, 4) is 0 Å². The number of rotatable bonds is 4. The zero-order valence-corrected chi connectivity index (χ0v) is 23.4. The monoisotopic (exact) mass is 608 g/mol. The summed E-state index contributed by atoms with van der Waals surface area (Å²) in [6.45, 7) is 0. The summed E-state index contributed by atoms with van der Waals surface area (Å²) in [5.41, 5.74) is 2.54. The van der Waals surface area contributed by atoms with Gasteiger partial charge in [-0.2, -0.15) is 0 Å². The van der Waals surface area contributed by atoms with E-state index >= 15 is 0 Å². The molecular weight excluding hydrogens is 588 g/mol. The number of carbonyl (C=O) groups excluding carboxylic acids is 3. The molecule has 0 aliphatic carbocycles. The number of fused-ring (bicyclic) bond motifs is 6. The summed E-state index contributed by atoms with van der Waals surface area (Å²) in [5, 5.41) is 3.61. The molecule has 0 saturated carbocycles. The molecule has 5 nitrogen and oxygen atoms in total. The second-order valence-corrected chi connectivity index (χ2v) is 11.7. The number of hydrogen-bond donors (Lipinski definition) is 1. The van der Waals surface area contributed by atoms with Gasteiger partial charge in [-0.15, -0.1) is 0 Å². The molecule has 1 N–H and O–H groups in total. The Labute approximate surface area is 244 Å². The maximum absolute atomic E-state index is 14.7. The smallest absolute Gasteiger partial charge is 0.238 e. The number of carbonyl (C=O) groups is 3. The number of nitrogens with one attached hydrogen (secondary N) is 1. The van der Waals surface area contributed by atoms with Crippen molar-refractivity contribution in [1.82, 2.24) is 0 Å². The third kappa shape index (κ3) is 3.49. The number of amides is 1. The highest BCUT2D eigenvalue weighted by Crippen LogP contribution is 2.58. The topological polar surface area (TPSA) is 66.5 Å². The molecular formula is C33H22BrClN2O3. The zero-order valence-electron chi connectivity index (χ0n) is 21.1. The summed E-state index contributed by atoms with van der Waals surface area (Å²) < 4.78 is 0.840. The summed E-state index contributed by atoms with van der Waals surface area (Å²) in [4.78, 5) is 45.6. The van der Waals surface area contributed by atoms with Crippen LogP contribution in [0, 0.1) is 5.92 Å². The Morgan fingerprint density at radius 1 is 0.850 bits per heavy atom. The summed E-state index contributed by atoms with van der Waals surface area (Å²) >= 11 is 9.81. The van der Waals surface area contributed by atoms with E-state index in [9.17, 15) is 14.4 Å². The number of halogens is 2. The largest absolute Gasteiger partial charge is 0.352 e. The minimum Gasteiger partial charge on any atom is -0.352 e. The minimum atomic E-state index is -1.34. The molecule has 4 atom stereocenters. The normalized spacial score (nSPS) is 23.9. The standard InChI is InChI=1S/C33H22BrClN2O3/c34-22-13-10-20(11-14-22)31(39)29-28(30(38)19-6-2-1-3-7-19)33(24-8-4-5-9-25(24)36-32(33)40)27-17-12-21-18-23(35)15-16-26(21)37(27)29/h1-18,27-29H,(H,36,40)/t27-,28-,29+,33+/m0/s1. The van der Waals surface area contributed by atoms with Gasteiger partial charge in [0.15, 0.2) is 11.6 Å². The SMILES string of the molecule is O=C(c1ccccc1)[C@@H]1[C@H](C(=O)c2ccc(Br)cc2)N2c3ccc(Cl)cc3C=C[C@H]2[C@@]12C(=O)Nc1ccccc12. The maximum atomic E-state index is 14.7. The molecule has 7 heteroatoms. The van der Waals surface area contributed by atoms with Gasteiger partial charge in [-0.1, -0.05) is 100 Å². The van der Waals surface area contributed by atoms with Crippen LogP contribution in [0.2, 0.25) is 5.02 Å². The molecule has 1 fully saturated rings. The fraction of sp³-hybridized carbons (Fsp3) is 0.121. The van der Waals surface area contributed by atoms with Crippen molar-refractivity contribution in [3.63, 3.8) is 0 Å². The van der Waals surface area contributed by atoms with Crippen LogP contribution in [0.5, 0.6) is 0 Å². The molecule has 4 aromatic rings. The first-order chi connectivity index (χ1) is 19.4. The number of Topliss-reactive ketones (excluding diaryl/α,β-unsaturated/α-hetero) is 2. The third-order valence-corrected chi connectivity index (χ3v) is 9.10. The van der Waals surface area contributed by atoms with Crippen molar-refractivity contribution in [3.05, 3.63) is 135 Å². The van der Waals surface area contributed by atoms with E-state index in [0.717, 1.165) is 21.3 Å². The van der Waals surface area contributed by atoms with Crippen molar-refractivity contribution < 1.29 is 14.4 Å². The van der Waals surface area contributed by atoms with Crippen LogP contribution in [0.25, 0.3) is 6.08 Å². The Bertz CT molecular complexity index is 1740. The van der Waals surface area contributed by atoms with Crippen LogP contribution in [-0.2, 0) is 10.2 Å². The molecule has 1 spiro atoms. The maximum Gasteiger partial charge on any atom is 0.238 e. The van der Waals surface area contributed by atoms with E-state index in [2.05, 4.69) is 21.2 Å². The molecule has 196 valence electrons. The van der Waals surface area contributed by atoms with Gasteiger partial charge < -0.3 is 10.2 Å². The van der Waals surface area contributed by atoms with Crippen molar-refractivity contribution in [2.45, 2.75) is 17.5 Å². The van der Waals surface area contributed by atoms with Gasteiger partial charge in [0.2, 0.25) is 5.91 Å². The summed E-state index contributed by atoms with van der Waals surface area (Å²) in [6.07, 6.45) is 3.88. The molecule has 0 bridgehead atoms. The van der Waals surface area contributed by atoms with Gasteiger partial charge in [-0.05, 0) is 47.5 Å². The predicted molar refractivity (Wildman–Crippen MR) is 160 cm³/mol. The Kier molecular flexibility index (Phi) is 5.81. The summed E-state index contributed by atoms with van der Waals surface area (Å²) in [7, 11) is 0. The average Bonchev–Trinajstić information content (AvgIpc) is 3.45. The number of anilines is 2. The van der Waals surface area contributed by atoms with Crippen LogP contribution >= 0.6 is 27.5 Å². The first-order valence-corrected chi connectivity index (χ1v) is 14.1. The molecule has 0 aromatic heterocycles. The van der Waals surface area contributed by atoms with Gasteiger partial charge in [0.25, 0.3) is 0 Å². The van der Waals surface area contributed by atoms with Crippen LogP contribution in [0.15, 0.2) is 108 Å². The fourth-order valence-corrected chi connectivity index (χ4v) is 7.16. The predicted octanol–water partition coefficient (Wildman–Crippen LogP) is 6.96. The number of nitrogens with zero attached hydrogens (tertiary/aromatic N) is 1. The number of hydrogen-bond acceptors (Lipinski definition) is 4. The van der Waals surface area contributed by atoms with E-state index in [4.69, 9.17) is 11.6 Å². The quantitative estimate of drug-likeness (QED) is 0.254. The highest BCUT2D eigenvalue weighted by Gasteiger charge is 2.70. The molecule has 3 heterocycles. The molecule has 0 unspecified atom stereocenters. The highest BCUT2D eigenvalue weighted by atomic mass is 79.9. The van der Waals surface area contributed by atoms with Gasteiger partial charge in [0.1, 0.15) is 11.5 Å². The van der Waals surface area contributed by atoms with Crippen molar-refractivity contribution in [1.29, 1.82) is 0 Å². The Hall–Kier alpha value is -4.00.